The van der Waals surface area contributed by atoms with Crippen LogP contribution in [0.5, 0.6) is 0 Å². The van der Waals surface area contributed by atoms with Crippen molar-refractivity contribution >= 4 is 5.97 Å². The predicted molar refractivity (Wildman–Crippen MR) is 75.5 cm³/mol. The molecule has 1 unspecified atom stereocenters. The topological polar surface area (TPSA) is 67.8 Å². The first-order valence-corrected chi connectivity index (χ1v) is 7.09. The Morgan fingerprint density at radius 3 is 2.26 bits per heavy atom. The van der Waals surface area contributed by atoms with E-state index in [1.807, 2.05) is 13.8 Å². The Balaban J connectivity index is 3.74. The Bertz CT molecular complexity index is 246. The molecule has 0 heterocycles. The average Bonchev–Trinajstić information content (AvgIpc) is 2.31. The molecule has 0 radical (unpaired) electrons. The number of aliphatic carboxylic acids is 1. The van der Waals surface area contributed by atoms with E-state index in [2.05, 4.69) is 12.2 Å². The summed E-state index contributed by atoms with van der Waals surface area (Å²) in [5, 5.41) is 12.4. The van der Waals surface area contributed by atoms with E-state index in [0.717, 1.165) is 19.4 Å². The summed E-state index contributed by atoms with van der Waals surface area (Å²) in [6, 6.07) is 0.143. The van der Waals surface area contributed by atoms with Gasteiger partial charge in [0.1, 0.15) is 5.54 Å². The van der Waals surface area contributed by atoms with Crippen LogP contribution in [0.1, 0.15) is 47.0 Å². The summed E-state index contributed by atoms with van der Waals surface area (Å²) in [6.45, 7) is 10.2. The fourth-order valence-electron chi connectivity index (χ4n) is 1.87. The van der Waals surface area contributed by atoms with Gasteiger partial charge in [0, 0.05) is 19.3 Å². The van der Waals surface area contributed by atoms with Crippen molar-refractivity contribution in [2.24, 2.45) is 0 Å². The monoisotopic (exact) mass is 275 g/mol. The molecule has 0 amide bonds. The van der Waals surface area contributed by atoms with Crippen LogP contribution >= 0.6 is 0 Å². The van der Waals surface area contributed by atoms with Gasteiger partial charge in [0.2, 0.25) is 0 Å². The van der Waals surface area contributed by atoms with Crippen molar-refractivity contribution < 1.29 is 19.4 Å². The first-order valence-electron chi connectivity index (χ1n) is 7.09. The third kappa shape index (κ3) is 8.97. The number of rotatable bonds is 12. The molecule has 0 fully saturated rings. The highest BCUT2D eigenvalue weighted by Crippen LogP contribution is 2.14. The van der Waals surface area contributed by atoms with Crippen LogP contribution in [0.25, 0.3) is 0 Å². The summed E-state index contributed by atoms with van der Waals surface area (Å²) in [5.74, 6) is -0.813. The molecule has 0 aromatic carbocycles. The van der Waals surface area contributed by atoms with Gasteiger partial charge < -0.3 is 14.6 Å². The van der Waals surface area contributed by atoms with Gasteiger partial charge in [0.25, 0.3) is 0 Å². The Hall–Kier alpha value is -0.650. The van der Waals surface area contributed by atoms with Gasteiger partial charge >= 0.3 is 5.97 Å². The summed E-state index contributed by atoms with van der Waals surface area (Å²) in [4.78, 5) is 11.3. The predicted octanol–water partition coefficient (Wildman–Crippen LogP) is 2.05. The molecule has 0 aliphatic heterocycles. The van der Waals surface area contributed by atoms with E-state index >= 15 is 0 Å². The number of carbonyl (C=O) groups is 1. The molecule has 0 aromatic rings. The molecule has 0 bridgehead atoms. The van der Waals surface area contributed by atoms with Gasteiger partial charge in [0.05, 0.1) is 13.2 Å². The summed E-state index contributed by atoms with van der Waals surface area (Å²) in [7, 11) is 0. The first kappa shape index (κ1) is 18.4. The molecular weight excluding hydrogens is 246 g/mol. The highest BCUT2D eigenvalue weighted by Gasteiger charge is 2.32. The Morgan fingerprint density at radius 2 is 1.79 bits per heavy atom. The Kier molecular flexibility index (Phi) is 9.83. The largest absolute Gasteiger partial charge is 0.480 e. The minimum Gasteiger partial charge on any atom is -0.480 e. The van der Waals surface area contributed by atoms with Crippen LogP contribution in [-0.2, 0) is 14.3 Å². The molecule has 19 heavy (non-hydrogen) atoms. The fraction of sp³-hybridized carbons (Fsp3) is 0.929. The first-order chi connectivity index (χ1) is 8.92. The number of ether oxygens (including phenoxy) is 2. The number of nitrogens with one attached hydrogen (secondary N) is 1. The van der Waals surface area contributed by atoms with Gasteiger partial charge in [0.15, 0.2) is 0 Å². The van der Waals surface area contributed by atoms with Crippen LogP contribution in [-0.4, -0.2) is 49.1 Å². The van der Waals surface area contributed by atoms with Crippen LogP contribution in [0.3, 0.4) is 0 Å². The third-order valence-electron chi connectivity index (χ3n) is 2.77. The number of carboxylic acid groups (broad SMARTS) is 1. The van der Waals surface area contributed by atoms with Crippen LogP contribution in [0, 0.1) is 0 Å². The van der Waals surface area contributed by atoms with Gasteiger partial charge in [-0.3, -0.25) is 10.1 Å². The molecule has 0 spiro atoms. The SMILES string of the molecule is CCCOCCOCCCC(C)(NC(C)C)C(=O)O. The summed E-state index contributed by atoms with van der Waals surface area (Å²) >= 11 is 0. The lowest BCUT2D eigenvalue weighted by atomic mass is 9.95. The van der Waals surface area contributed by atoms with E-state index in [1.165, 1.54) is 0 Å². The van der Waals surface area contributed by atoms with Crippen molar-refractivity contribution in [3.8, 4) is 0 Å². The van der Waals surface area contributed by atoms with Crippen molar-refractivity contribution in [3.05, 3.63) is 0 Å². The van der Waals surface area contributed by atoms with Gasteiger partial charge in [-0.15, -0.1) is 0 Å². The molecule has 1 atom stereocenters. The van der Waals surface area contributed by atoms with E-state index < -0.39 is 11.5 Å². The van der Waals surface area contributed by atoms with Crippen molar-refractivity contribution in [2.45, 2.75) is 58.5 Å². The molecule has 0 aromatic heterocycles. The summed E-state index contributed by atoms with van der Waals surface area (Å²) in [6.07, 6.45) is 2.28. The molecule has 0 aliphatic carbocycles. The normalized spacial score (nSPS) is 14.6. The second-order valence-electron chi connectivity index (χ2n) is 5.26. The quantitative estimate of drug-likeness (QED) is 0.534. The van der Waals surface area contributed by atoms with Crippen LogP contribution in [0.15, 0.2) is 0 Å². The zero-order valence-corrected chi connectivity index (χ0v) is 12.7. The maximum absolute atomic E-state index is 11.3. The van der Waals surface area contributed by atoms with Gasteiger partial charge in [-0.2, -0.15) is 0 Å². The number of hydrogen-bond acceptors (Lipinski definition) is 4. The van der Waals surface area contributed by atoms with E-state index in [1.54, 1.807) is 6.92 Å². The second-order valence-corrected chi connectivity index (χ2v) is 5.26. The van der Waals surface area contributed by atoms with Crippen molar-refractivity contribution in [3.63, 3.8) is 0 Å². The molecule has 2 N–H and O–H groups in total. The highest BCUT2D eigenvalue weighted by molar-refractivity contribution is 5.78. The van der Waals surface area contributed by atoms with E-state index in [-0.39, 0.29) is 6.04 Å². The van der Waals surface area contributed by atoms with Crippen molar-refractivity contribution in [1.29, 1.82) is 0 Å². The smallest absolute Gasteiger partial charge is 0.323 e. The molecule has 0 saturated carbocycles. The standard InChI is InChI=1S/C14H29NO4/c1-5-8-18-10-11-19-9-6-7-14(4,13(16)17)15-12(2)3/h12,15H,5-11H2,1-4H3,(H,16,17). The zero-order valence-electron chi connectivity index (χ0n) is 12.7. The van der Waals surface area contributed by atoms with E-state index in [9.17, 15) is 9.90 Å². The van der Waals surface area contributed by atoms with Crippen molar-refractivity contribution in [1.82, 2.24) is 5.32 Å². The Labute approximate surface area is 116 Å². The van der Waals surface area contributed by atoms with Gasteiger partial charge in [-0.05, 0) is 40.0 Å². The fourth-order valence-corrected chi connectivity index (χ4v) is 1.87. The van der Waals surface area contributed by atoms with Gasteiger partial charge in [-0.1, -0.05) is 6.92 Å². The van der Waals surface area contributed by atoms with Crippen molar-refractivity contribution in [2.75, 3.05) is 26.4 Å². The van der Waals surface area contributed by atoms with E-state index in [0.29, 0.717) is 26.2 Å². The van der Waals surface area contributed by atoms with Crippen LogP contribution < -0.4 is 5.32 Å². The van der Waals surface area contributed by atoms with E-state index in [4.69, 9.17) is 9.47 Å². The minimum atomic E-state index is -0.879. The molecular formula is C14H29NO4. The number of hydrogen-bond donors (Lipinski definition) is 2. The maximum Gasteiger partial charge on any atom is 0.323 e. The summed E-state index contributed by atoms with van der Waals surface area (Å²) in [5.41, 5.74) is -0.879. The summed E-state index contributed by atoms with van der Waals surface area (Å²) < 4.78 is 10.7. The highest BCUT2D eigenvalue weighted by atomic mass is 16.5. The molecule has 0 rings (SSSR count). The minimum absolute atomic E-state index is 0.143. The lowest BCUT2D eigenvalue weighted by molar-refractivity contribution is -0.145. The molecule has 0 aliphatic rings. The molecule has 0 saturated heterocycles. The maximum atomic E-state index is 11.3. The molecule has 5 nitrogen and oxygen atoms in total. The van der Waals surface area contributed by atoms with Crippen LogP contribution in [0.4, 0.5) is 0 Å². The molecule has 5 heteroatoms. The lowest BCUT2D eigenvalue weighted by Crippen LogP contribution is -2.52. The Morgan fingerprint density at radius 1 is 1.21 bits per heavy atom. The lowest BCUT2D eigenvalue weighted by Gasteiger charge is -2.28. The molecule has 114 valence electrons. The zero-order chi connectivity index (χ0) is 14.7. The average molecular weight is 275 g/mol. The second kappa shape index (κ2) is 10.2. The van der Waals surface area contributed by atoms with Crippen LogP contribution in [0.2, 0.25) is 0 Å². The van der Waals surface area contributed by atoms with Gasteiger partial charge in [-0.25, -0.2) is 0 Å². The number of carboxylic acids is 1. The third-order valence-corrected chi connectivity index (χ3v) is 2.77.